The lowest BCUT2D eigenvalue weighted by Gasteiger charge is -2.20. The van der Waals surface area contributed by atoms with Gasteiger partial charge in [0.25, 0.3) is 0 Å². The molecule has 1 fully saturated rings. The van der Waals surface area contributed by atoms with Gasteiger partial charge in [0.05, 0.1) is 19.7 Å². The number of hydrogen-bond acceptors (Lipinski definition) is 5. The van der Waals surface area contributed by atoms with Crippen molar-refractivity contribution in [1.82, 2.24) is 25.1 Å². The molecule has 1 aliphatic heterocycles. The van der Waals surface area contributed by atoms with Gasteiger partial charge in [0.15, 0.2) is 5.82 Å². The molecule has 0 saturated carbocycles. The average Bonchev–Trinajstić information content (AvgIpc) is 2.93. The number of ether oxygens (including phenoxy) is 1. The second kappa shape index (κ2) is 7.75. The molecule has 1 unspecified atom stereocenters. The Balaban J connectivity index is 1.66. The molecule has 6 nitrogen and oxygen atoms in total. The van der Waals surface area contributed by atoms with E-state index in [0.29, 0.717) is 12.0 Å². The topological polar surface area (TPSA) is 56.1 Å². The molecule has 0 aliphatic carbocycles. The van der Waals surface area contributed by atoms with Crippen LogP contribution in [0.25, 0.3) is 0 Å². The van der Waals surface area contributed by atoms with Gasteiger partial charge in [-0.15, -0.1) is 5.10 Å². The maximum atomic E-state index is 5.55. The third kappa shape index (κ3) is 3.75. The van der Waals surface area contributed by atoms with Gasteiger partial charge in [0.2, 0.25) is 0 Å². The Morgan fingerprint density at radius 3 is 2.83 bits per heavy atom. The molecule has 3 rings (SSSR count). The maximum absolute atomic E-state index is 5.55. The first-order chi connectivity index (χ1) is 11.7. The van der Waals surface area contributed by atoms with Gasteiger partial charge in [-0.25, -0.2) is 4.68 Å². The molecule has 1 atom stereocenters. The molecular formula is C18H27N5O. The van der Waals surface area contributed by atoms with Crippen LogP contribution in [0, 0.1) is 0 Å². The van der Waals surface area contributed by atoms with Crippen LogP contribution in [0.3, 0.4) is 0 Å². The number of benzene rings is 1. The van der Waals surface area contributed by atoms with Crippen LogP contribution in [0.2, 0.25) is 0 Å². The van der Waals surface area contributed by atoms with Gasteiger partial charge in [0, 0.05) is 0 Å². The molecule has 24 heavy (non-hydrogen) atoms. The summed E-state index contributed by atoms with van der Waals surface area (Å²) in [6, 6.07) is 8.71. The van der Waals surface area contributed by atoms with Gasteiger partial charge in [-0.05, 0) is 74.2 Å². The Hall–Kier alpha value is -1.95. The van der Waals surface area contributed by atoms with E-state index in [-0.39, 0.29) is 0 Å². The number of tetrazole rings is 1. The van der Waals surface area contributed by atoms with E-state index in [1.54, 1.807) is 7.11 Å². The third-order valence-corrected chi connectivity index (χ3v) is 4.81. The number of aromatic nitrogens is 4. The highest BCUT2D eigenvalue weighted by Gasteiger charge is 2.22. The van der Waals surface area contributed by atoms with E-state index < -0.39 is 0 Å². The highest BCUT2D eigenvalue weighted by Crippen LogP contribution is 2.34. The summed E-state index contributed by atoms with van der Waals surface area (Å²) in [5.41, 5.74) is 1.34. The van der Waals surface area contributed by atoms with Gasteiger partial charge in [-0.2, -0.15) is 0 Å². The van der Waals surface area contributed by atoms with Crippen LogP contribution in [0.15, 0.2) is 24.3 Å². The molecule has 130 valence electrons. The van der Waals surface area contributed by atoms with Crippen LogP contribution in [-0.4, -0.2) is 45.3 Å². The van der Waals surface area contributed by atoms with Crippen LogP contribution in [0.1, 0.15) is 56.5 Å². The molecule has 2 heterocycles. The fourth-order valence-electron chi connectivity index (χ4n) is 3.55. The average molecular weight is 329 g/mol. The molecule has 0 radical (unpaired) electrons. The number of nitrogens with zero attached hydrogens (tertiary/aromatic N) is 5. The molecule has 1 saturated heterocycles. The summed E-state index contributed by atoms with van der Waals surface area (Å²) >= 11 is 0. The first kappa shape index (κ1) is 16.9. The van der Waals surface area contributed by atoms with E-state index >= 15 is 0 Å². The van der Waals surface area contributed by atoms with E-state index in [9.17, 15) is 0 Å². The lowest BCUT2D eigenvalue weighted by molar-refractivity contribution is 0.260. The van der Waals surface area contributed by atoms with Crippen molar-refractivity contribution in [3.8, 4) is 5.75 Å². The van der Waals surface area contributed by atoms with E-state index in [4.69, 9.17) is 4.74 Å². The van der Waals surface area contributed by atoms with Crippen LogP contribution in [-0.2, 0) is 6.54 Å². The molecule has 6 heteroatoms. The minimum absolute atomic E-state index is 0.295. The summed E-state index contributed by atoms with van der Waals surface area (Å²) in [6.07, 6.45) is 3.53. The second-order valence-corrected chi connectivity index (χ2v) is 6.78. The van der Waals surface area contributed by atoms with Crippen LogP contribution in [0.4, 0.5) is 0 Å². The van der Waals surface area contributed by atoms with E-state index in [0.717, 1.165) is 37.6 Å². The molecule has 0 N–H and O–H groups in total. The molecule has 0 amide bonds. The van der Waals surface area contributed by atoms with Gasteiger partial charge < -0.3 is 4.74 Å². The highest BCUT2D eigenvalue weighted by atomic mass is 16.5. The summed E-state index contributed by atoms with van der Waals surface area (Å²) in [7, 11) is 1.76. The van der Waals surface area contributed by atoms with E-state index in [1.807, 2.05) is 10.7 Å². The molecule has 0 bridgehead atoms. The minimum atomic E-state index is 0.295. The summed E-state index contributed by atoms with van der Waals surface area (Å²) in [5, 5.41) is 12.1. The van der Waals surface area contributed by atoms with Crippen molar-refractivity contribution < 1.29 is 4.74 Å². The first-order valence-electron chi connectivity index (χ1n) is 8.81. The van der Waals surface area contributed by atoms with E-state index in [1.165, 1.54) is 18.4 Å². The van der Waals surface area contributed by atoms with Crippen LogP contribution < -0.4 is 4.74 Å². The number of para-hydroxylation sites is 1. The monoisotopic (exact) mass is 329 g/mol. The number of hydrogen-bond donors (Lipinski definition) is 0. The van der Waals surface area contributed by atoms with Crippen molar-refractivity contribution in [2.45, 2.75) is 51.6 Å². The predicted molar refractivity (Wildman–Crippen MR) is 93.1 cm³/mol. The number of methoxy groups -OCH3 is 1. The minimum Gasteiger partial charge on any atom is -0.496 e. The SMILES string of the molecule is COc1ccccc1C1CCCN(Cc2nnnn2C(C)C)CC1. The first-order valence-corrected chi connectivity index (χ1v) is 8.81. The van der Waals surface area contributed by atoms with Gasteiger partial charge >= 0.3 is 0 Å². The standard InChI is InChI=1S/C18H27N5O/c1-14(2)23-18(19-20-21-23)13-22-11-6-7-15(10-12-22)16-8-4-5-9-17(16)24-3/h4-5,8-9,14-15H,6-7,10-13H2,1-3H3. The van der Waals surface area contributed by atoms with Crippen molar-refractivity contribution >= 4 is 0 Å². The summed E-state index contributed by atoms with van der Waals surface area (Å²) in [5.74, 6) is 2.53. The zero-order chi connectivity index (χ0) is 16.9. The molecule has 1 aromatic carbocycles. The van der Waals surface area contributed by atoms with Crippen molar-refractivity contribution in [1.29, 1.82) is 0 Å². The Morgan fingerprint density at radius 2 is 2.04 bits per heavy atom. The van der Waals surface area contributed by atoms with Gasteiger partial charge in [-0.3, -0.25) is 4.90 Å². The Labute approximate surface area is 143 Å². The molecule has 1 aromatic heterocycles. The van der Waals surface area contributed by atoms with Gasteiger partial charge in [0.1, 0.15) is 5.75 Å². The molecule has 0 spiro atoms. The summed E-state index contributed by atoms with van der Waals surface area (Å²) < 4.78 is 7.47. The van der Waals surface area contributed by atoms with Crippen molar-refractivity contribution in [3.05, 3.63) is 35.7 Å². The fraction of sp³-hybridized carbons (Fsp3) is 0.611. The van der Waals surface area contributed by atoms with E-state index in [2.05, 4.69) is 52.5 Å². The van der Waals surface area contributed by atoms with Gasteiger partial charge in [-0.1, -0.05) is 18.2 Å². The zero-order valence-electron chi connectivity index (χ0n) is 14.9. The summed E-state index contributed by atoms with van der Waals surface area (Å²) in [4.78, 5) is 2.47. The Morgan fingerprint density at radius 1 is 1.21 bits per heavy atom. The number of likely N-dealkylation sites (tertiary alicyclic amines) is 1. The number of rotatable bonds is 5. The fourth-order valence-corrected chi connectivity index (χ4v) is 3.55. The molecule has 1 aliphatic rings. The maximum Gasteiger partial charge on any atom is 0.165 e. The second-order valence-electron chi connectivity index (χ2n) is 6.78. The summed E-state index contributed by atoms with van der Waals surface area (Å²) in [6.45, 7) is 7.20. The quantitative estimate of drug-likeness (QED) is 0.844. The Kier molecular flexibility index (Phi) is 5.45. The third-order valence-electron chi connectivity index (χ3n) is 4.81. The largest absolute Gasteiger partial charge is 0.496 e. The molecule has 2 aromatic rings. The molecular weight excluding hydrogens is 302 g/mol. The smallest absolute Gasteiger partial charge is 0.165 e. The Bertz CT molecular complexity index is 654. The van der Waals surface area contributed by atoms with Crippen LogP contribution >= 0.6 is 0 Å². The lowest BCUT2D eigenvalue weighted by atomic mass is 9.91. The lowest BCUT2D eigenvalue weighted by Crippen LogP contribution is -2.26. The predicted octanol–water partition coefficient (Wildman–Crippen LogP) is 3.03. The van der Waals surface area contributed by atoms with Crippen molar-refractivity contribution in [2.75, 3.05) is 20.2 Å². The van der Waals surface area contributed by atoms with Crippen molar-refractivity contribution in [3.63, 3.8) is 0 Å². The highest BCUT2D eigenvalue weighted by molar-refractivity contribution is 5.36. The zero-order valence-corrected chi connectivity index (χ0v) is 14.9. The normalized spacial score (nSPS) is 19.4. The van der Waals surface area contributed by atoms with Crippen LogP contribution in [0.5, 0.6) is 5.75 Å². The van der Waals surface area contributed by atoms with Crippen molar-refractivity contribution in [2.24, 2.45) is 0 Å².